The third-order valence-corrected chi connectivity index (χ3v) is 5.87. The van der Waals surface area contributed by atoms with Crippen molar-refractivity contribution < 1.29 is 19.1 Å². The predicted octanol–water partition coefficient (Wildman–Crippen LogP) is 5.67. The van der Waals surface area contributed by atoms with Gasteiger partial charge in [0.2, 0.25) is 0 Å². The zero-order valence-electron chi connectivity index (χ0n) is 18.1. The minimum absolute atomic E-state index is 0. The number of carbonyl (C=O) groups is 1. The molecule has 1 N–H and O–H groups in total. The van der Waals surface area contributed by atoms with E-state index in [9.17, 15) is 4.79 Å². The standard InChI is InChI=1S/C26H29NO4.ClH/c28-26(29)6-2-16-27-15-1-4-23(27)19-31-24-13-9-21(10-14-24)18-20-7-11-22(12-8-20)25-5-3-17-30-25;/h3,5,7-14,17,23H,1-2,4,6,15-16,18-19H2,(H,28,29);1H. The summed E-state index contributed by atoms with van der Waals surface area (Å²) in [6.45, 7) is 2.52. The van der Waals surface area contributed by atoms with E-state index < -0.39 is 5.97 Å². The summed E-state index contributed by atoms with van der Waals surface area (Å²) in [6.07, 6.45) is 5.76. The van der Waals surface area contributed by atoms with Gasteiger partial charge in [-0.25, -0.2) is 0 Å². The molecular weight excluding hydrogens is 426 g/mol. The fraction of sp³-hybridized carbons (Fsp3) is 0.346. The third-order valence-electron chi connectivity index (χ3n) is 5.87. The first-order valence-electron chi connectivity index (χ1n) is 11.0. The van der Waals surface area contributed by atoms with E-state index in [1.54, 1.807) is 6.26 Å². The largest absolute Gasteiger partial charge is 0.492 e. The molecule has 32 heavy (non-hydrogen) atoms. The van der Waals surface area contributed by atoms with Crippen LogP contribution in [-0.4, -0.2) is 41.7 Å². The predicted molar refractivity (Wildman–Crippen MR) is 128 cm³/mol. The van der Waals surface area contributed by atoms with Gasteiger partial charge in [0.15, 0.2) is 0 Å². The first-order chi connectivity index (χ1) is 15.2. The molecule has 6 heteroatoms. The van der Waals surface area contributed by atoms with Crippen LogP contribution in [0.5, 0.6) is 5.75 Å². The van der Waals surface area contributed by atoms with Gasteiger partial charge in [0.25, 0.3) is 0 Å². The average Bonchev–Trinajstić information content (AvgIpc) is 3.46. The zero-order chi connectivity index (χ0) is 21.5. The molecule has 1 saturated heterocycles. The molecule has 1 fully saturated rings. The summed E-state index contributed by atoms with van der Waals surface area (Å²) in [6, 6.07) is 21.0. The lowest BCUT2D eigenvalue weighted by molar-refractivity contribution is -0.137. The molecule has 1 atom stereocenters. The summed E-state index contributed by atoms with van der Waals surface area (Å²) >= 11 is 0. The summed E-state index contributed by atoms with van der Waals surface area (Å²) in [5.41, 5.74) is 3.59. The second-order valence-corrected chi connectivity index (χ2v) is 8.14. The number of benzene rings is 2. The van der Waals surface area contributed by atoms with E-state index in [0.29, 0.717) is 19.1 Å². The Morgan fingerprint density at radius 2 is 1.78 bits per heavy atom. The van der Waals surface area contributed by atoms with E-state index in [1.807, 2.05) is 24.3 Å². The number of halogens is 1. The molecule has 1 aliphatic rings. The van der Waals surface area contributed by atoms with E-state index in [0.717, 1.165) is 49.4 Å². The topological polar surface area (TPSA) is 62.9 Å². The van der Waals surface area contributed by atoms with Crippen molar-refractivity contribution in [3.05, 3.63) is 78.1 Å². The number of ether oxygens (including phenoxy) is 1. The van der Waals surface area contributed by atoms with Gasteiger partial charge in [0.05, 0.1) is 6.26 Å². The number of carboxylic acid groups (broad SMARTS) is 1. The Morgan fingerprint density at radius 1 is 1.06 bits per heavy atom. The van der Waals surface area contributed by atoms with Crippen molar-refractivity contribution in [2.45, 2.75) is 38.1 Å². The van der Waals surface area contributed by atoms with Crippen molar-refractivity contribution in [3.63, 3.8) is 0 Å². The molecule has 1 aliphatic heterocycles. The molecule has 0 bridgehead atoms. The van der Waals surface area contributed by atoms with Gasteiger partial charge in [-0.15, -0.1) is 12.4 Å². The molecule has 1 unspecified atom stereocenters. The maximum atomic E-state index is 10.7. The van der Waals surface area contributed by atoms with Crippen LogP contribution in [0.3, 0.4) is 0 Å². The maximum Gasteiger partial charge on any atom is 0.303 e. The highest BCUT2D eigenvalue weighted by Gasteiger charge is 2.24. The van der Waals surface area contributed by atoms with Crippen LogP contribution in [0.25, 0.3) is 11.3 Å². The number of aliphatic carboxylic acids is 1. The van der Waals surface area contributed by atoms with E-state index in [1.165, 1.54) is 11.1 Å². The van der Waals surface area contributed by atoms with Crippen molar-refractivity contribution in [1.29, 1.82) is 0 Å². The first kappa shape index (κ1) is 23.9. The van der Waals surface area contributed by atoms with Gasteiger partial charge in [-0.05, 0) is 74.2 Å². The minimum atomic E-state index is -0.722. The molecule has 0 saturated carbocycles. The quantitative estimate of drug-likeness (QED) is 0.427. The van der Waals surface area contributed by atoms with Gasteiger partial charge in [0.1, 0.15) is 18.1 Å². The lowest BCUT2D eigenvalue weighted by Crippen LogP contribution is -2.35. The summed E-state index contributed by atoms with van der Waals surface area (Å²) in [5, 5.41) is 8.83. The summed E-state index contributed by atoms with van der Waals surface area (Å²) in [5.74, 6) is 1.05. The molecule has 5 nitrogen and oxygen atoms in total. The number of furan rings is 1. The van der Waals surface area contributed by atoms with Crippen LogP contribution in [0.15, 0.2) is 71.3 Å². The van der Waals surface area contributed by atoms with Crippen LogP contribution in [0.1, 0.15) is 36.8 Å². The normalized spacial score (nSPS) is 15.9. The Labute approximate surface area is 195 Å². The molecule has 0 aliphatic carbocycles. The fourth-order valence-electron chi connectivity index (χ4n) is 4.17. The smallest absolute Gasteiger partial charge is 0.303 e. The Hall–Kier alpha value is -2.76. The van der Waals surface area contributed by atoms with Crippen molar-refractivity contribution in [2.24, 2.45) is 0 Å². The third kappa shape index (κ3) is 6.62. The highest BCUT2D eigenvalue weighted by molar-refractivity contribution is 5.85. The van der Waals surface area contributed by atoms with Crippen LogP contribution >= 0.6 is 12.4 Å². The number of hydrogen-bond acceptors (Lipinski definition) is 4. The molecule has 0 spiro atoms. The molecule has 0 radical (unpaired) electrons. The van der Waals surface area contributed by atoms with Crippen LogP contribution < -0.4 is 4.74 Å². The van der Waals surface area contributed by atoms with E-state index in [-0.39, 0.29) is 18.8 Å². The summed E-state index contributed by atoms with van der Waals surface area (Å²) < 4.78 is 11.5. The van der Waals surface area contributed by atoms with Crippen molar-refractivity contribution >= 4 is 18.4 Å². The number of likely N-dealkylation sites (tertiary alicyclic amines) is 1. The molecule has 3 aromatic rings. The average molecular weight is 456 g/mol. The van der Waals surface area contributed by atoms with Crippen LogP contribution in [0.2, 0.25) is 0 Å². The van der Waals surface area contributed by atoms with Gasteiger partial charge in [-0.3, -0.25) is 9.69 Å². The number of rotatable bonds is 10. The maximum absolute atomic E-state index is 10.7. The molecular formula is C26H30ClNO4. The van der Waals surface area contributed by atoms with Crippen molar-refractivity contribution in [2.75, 3.05) is 19.7 Å². The summed E-state index contributed by atoms with van der Waals surface area (Å²) in [4.78, 5) is 13.1. The van der Waals surface area contributed by atoms with Gasteiger partial charge >= 0.3 is 5.97 Å². The van der Waals surface area contributed by atoms with Gasteiger partial charge in [-0.2, -0.15) is 0 Å². The molecule has 2 aromatic carbocycles. The Kier molecular flexibility index (Phi) is 8.77. The van der Waals surface area contributed by atoms with Gasteiger partial charge < -0.3 is 14.3 Å². The van der Waals surface area contributed by atoms with E-state index in [2.05, 4.69) is 41.3 Å². The lowest BCUT2D eigenvalue weighted by Gasteiger charge is -2.24. The minimum Gasteiger partial charge on any atom is -0.492 e. The van der Waals surface area contributed by atoms with Gasteiger partial charge in [0, 0.05) is 18.0 Å². The fourth-order valence-corrected chi connectivity index (χ4v) is 4.17. The molecule has 2 heterocycles. The molecule has 0 amide bonds. The van der Waals surface area contributed by atoms with Crippen LogP contribution in [0, 0.1) is 0 Å². The molecule has 4 rings (SSSR count). The lowest BCUT2D eigenvalue weighted by atomic mass is 10.0. The molecule has 1 aromatic heterocycles. The highest BCUT2D eigenvalue weighted by Crippen LogP contribution is 2.23. The van der Waals surface area contributed by atoms with Crippen LogP contribution in [0.4, 0.5) is 0 Å². The van der Waals surface area contributed by atoms with E-state index >= 15 is 0 Å². The number of hydrogen-bond donors (Lipinski definition) is 1. The second kappa shape index (κ2) is 11.7. The van der Waals surface area contributed by atoms with Gasteiger partial charge in [-0.1, -0.05) is 36.4 Å². The first-order valence-corrected chi connectivity index (χ1v) is 11.0. The van der Waals surface area contributed by atoms with Crippen molar-refractivity contribution in [3.8, 4) is 17.1 Å². The van der Waals surface area contributed by atoms with E-state index in [4.69, 9.17) is 14.3 Å². The molecule has 170 valence electrons. The summed E-state index contributed by atoms with van der Waals surface area (Å²) in [7, 11) is 0. The number of carboxylic acids is 1. The Bertz CT molecular complexity index is 955. The highest BCUT2D eigenvalue weighted by atomic mass is 35.5. The second-order valence-electron chi connectivity index (χ2n) is 8.14. The monoisotopic (exact) mass is 455 g/mol. The SMILES string of the molecule is Cl.O=C(O)CCCN1CCCC1COc1ccc(Cc2ccc(-c3ccco3)cc2)cc1. The van der Waals surface area contributed by atoms with Crippen LogP contribution in [-0.2, 0) is 11.2 Å². The number of nitrogens with zero attached hydrogens (tertiary/aromatic N) is 1. The zero-order valence-corrected chi connectivity index (χ0v) is 18.9. The Morgan fingerprint density at radius 3 is 2.44 bits per heavy atom. The Balaban J connectivity index is 0.00000289. The van der Waals surface area contributed by atoms with Crippen molar-refractivity contribution in [1.82, 2.24) is 4.90 Å².